The number of hydrogen-bond acceptors (Lipinski definition) is 2. The summed E-state index contributed by atoms with van der Waals surface area (Å²) in [6.45, 7) is 17.3. The predicted octanol–water partition coefficient (Wildman–Crippen LogP) is 2.79. The minimum atomic E-state index is -1.51. The van der Waals surface area contributed by atoms with E-state index in [9.17, 15) is 0 Å². The minimum Gasteiger partial charge on any atom is -0.456 e. The monoisotopic (exact) mass is 263 g/mol. The van der Waals surface area contributed by atoms with Gasteiger partial charge in [-0.05, 0) is 50.9 Å². The summed E-state index contributed by atoms with van der Waals surface area (Å²) in [6.07, 6.45) is 1.17. The Hall–Kier alpha value is 0.571. The Bertz CT molecular complexity index is 190. The highest BCUT2D eigenvalue weighted by atomic mass is 28.4. The molecular formula is C10H29NOSi3. The van der Waals surface area contributed by atoms with Crippen LogP contribution >= 0.6 is 0 Å². The second kappa shape index (κ2) is 5.77. The lowest BCUT2D eigenvalue weighted by molar-refractivity contribution is 0.536. The average Bonchev–Trinajstić information content (AvgIpc) is 1.93. The van der Waals surface area contributed by atoms with E-state index in [4.69, 9.17) is 9.85 Å². The van der Waals surface area contributed by atoms with Gasteiger partial charge in [0.15, 0.2) is 16.6 Å². The molecule has 1 unspecified atom stereocenters. The third-order valence-electron chi connectivity index (χ3n) is 2.74. The average molecular weight is 264 g/mol. The molecule has 0 aromatic carbocycles. The van der Waals surface area contributed by atoms with Gasteiger partial charge >= 0.3 is 0 Å². The van der Waals surface area contributed by atoms with Gasteiger partial charge in [-0.15, -0.1) is 0 Å². The van der Waals surface area contributed by atoms with Crippen LogP contribution in [-0.4, -0.2) is 32.0 Å². The summed E-state index contributed by atoms with van der Waals surface area (Å²) in [5.41, 5.74) is 5.73. The molecule has 0 fully saturated rings. The third kappa shape index (κ3) is 6.01. The number of nitrogens with two attached hydrogens (primary N) is 1. The first-order chi connectivity index (χ1) is 6.60. The molecule has 0 rings (SSSR count). The van der Waals surface area contributed by atoms with E-state index in [0.29, 0.717) is 0 Å². The van der Waals surface area contributed by atoms with Crippen LogP contribution in [0.4, 0.5) is 0 Å². The van der Waals surface area contributed by atoms with E-state index in [2.05, 4.69) is 45.8 Å². The summed E-state index contributed by atoms with van der Waals surface area (Å²) in [5.74, 6) is 0. The fraction of sp³-hybridized carbons (Fsp3) is 1.00. The smallest absolute Gasteiger partial charge is 0.173 e. The molecule has 2 N–H and O–H groups in total. The van der Waals surface area contributed by atoms with Crippen molar-refractivity contribution in [1.29, 1.82) is 0 Å². The van der Waals surface area contributed by atoms with Gasteiger partial charge in [0.1, 0.15) is 0 Å². The van der Waals surface area contributed by atoms with Crippen molar-refractivity contribution in [2.45, 2.75) is 57.4 Å². The van der Waals surface area contributed by atoms with Crippen molar-refractivity contribution in [1.82, 2.24) is 0 Å². The maximum atomic E-state index is 6.46. The van der Waals surface area contributed by atoms with Crippen LogP contribution in [-0.2, 0) is 4.12 Å². The Morgan fingerprint density at radius 1 is 1.13 bits per heavy atom. The van der Waals surface area contributed by atoms with Crippen LogP contribution in [0.2, 0.25) is 51.0 Å². The molecular weight excluding hydrogens is 234 g/mol. The molecule has 0 spiro atoms. The molecule has 5 heteroatoms. The second-order valence-electron chi connectivity index (χ2n) is 6.25. The van der Waals surface area contributed by atoms with E-state index >= 15 is 0 Å². The van der Waals surface area contributed by atoms with Gasteiger partial charge in [-0.3, -0.25) is 0 Å². The zero-order valence-electron chi connectivity index (χ0n) is 11.6. The van der Waals surface area contributed by atoms with Crippen LogP contribution in [0.3, 0.4) is 0 Å². The molecule has 92 valence electrons. The van der Waals surface area contributed by atoms with Gasteiger partial charge in [0.2, 0.25) is 0 Å². The molecule has 0 aliphatic carbocycles. The Balaban J connectivity index is 4.63. The summed E-state index contributed by atoms with van der Waals surface area (Å²) in [7, 11) is -3.53. The maximum Gasteiger partial charge on any atom is 0.173 e. The van der Waals surface area contributed by atoms with Crippen molar-refractivity contribution in [3.05, 3.63) is 0 Å². The standard InChI is InChI=1S/C10H29NOSi3/c1-13(2)10(8-9-11)15(6,7)12-14(3,4)5/h10,13H,8-9,11H2,1-7H3. The van der Waals surface area contributed by atoms with Gasteiger partial charge in [0.05, 0.1) is 0 Å². The molecule has 0 aromatic rings. The van der Waals surface area contributed by atoms with Crippen LogP contribution in [0, 0.1) is 0 Å². The fourth-order valence-electron chi connectivity index (χ4n) is 2.53. The van der Waals surface area contributed by atoms with Gasteiger partial charge in [0.25, 0.3) is 0 Å². The van der Waals surface area contributed by atoms with Crippen LogP contribution in [0.1, 0.15) is 6.42 Å². The Labute approximate surface area is 99.5 Å². The van der Waals surface area contributed by atoms with Crippen LogP contribution in [0.25, 0.3) is 0 Å². The van der Waals surface area contributed by atoms with Crippen molar-refractivity contribution in [3.8, 4) is 0 Å². The topological polar surface area (TPSA) is 35.2 Å². The van der Waals surface area contributed by atoms with E-state index in [1.807, 2.05) is 0 Å². The van der Waals surface area contributed by atoms with Crippen LogP contribution < -0.4 is 5.73 Å². The Kier molecular flexibility index (Phi) is 5.99. The summed E-state index contributed by atoms with van der Waals surface area (Å²) in [5, 5.41) is 0.828. The van der Waals surface area contributed by atoms with Crippen LogP contribution in [0.5, 0.6) is 0 Å². The molecule has 0 aliphatic heterocycles. The number of rotatable bonds is 6. The largest absolute Gasteiger partial charge is 0.456 e. The fourth-order valence-corrected chi connectivity index (χ4v) is 18.2. The molecule has 0 saturated heterocycles. The molecule has 0 bridgehead atoms. The van der Waals surface area contributed by atoms with Crippen molar-refractivity contribution in [2.24, 2.45) is 5.73 Å². The van der Waals surface area contributed by atoms with E-state index in [-0.39, 0.29) is 0 Å². The first-order valence-electron chi connectivity index (χ1n) is 6.00. The van der Waals surface area contributed by atoms with E-state index in [0.717, 1.165) is 11.7 Å². The zero-order valence-corrected chi connectivity index (χ0v) is 14.7. The number of hydrogen-bond donors (Lipinski definition) is 1. The van der Waals surface area contributed by atoms with Crippen molar-refractivity contribution < 1.29 is 4.12 Å². The Morgan fingerprint density at radius 2 is 1.60 bits per heavy atom. The summed E-state index contributed by atoms with van der Waals surface area (Å²) in [6, 6.07) is 0. The SMILES string of the molecule is C[SiH](C)C(CCN)[Si](C)(C)O[Si](C)(C)C. The van der Waals surface area contributed by atoms with E-state index in [1.54, 1.807) is 0 Å². The third-order valence-corrected chi connectivity index (χ3v) is 15.7. The highest BCUT2D eigenvalue weighted by Gasteiger charge is 2.38. The van der Waals surface area contributed by atoms with E-state index < -0.39 is 25.4 Å². The molecule has 0 aromatic heterocycles. The maximum absolute atomic E-state index is 6.46. The van der Waals surface area contributed by atoms with Gasteiger partial charge in [-0.25, -0.2) is 0 Å². The highest BCUT2D eigenvalue weighted by Crippen LogP contribution is 2.31. The molecule has 2 nitrogen and oxygen atoms in total. The minimum absolute atomic E-state index is 0.639. The van der Waals surface area contributed by atoms with Gasteiger partial charge < -0.3 is 9.85 Å². The molecule has 0 saturated carbocycles. The Morgan fingerprint density at radius 3 is 1.87 bits per heavy atom. The van der Waals surface area contributed by atoms with Gasteiger partial charge in [-0.1, -0.05) is 13.1 Å². The summed E-state index contributed by atoms with van der Waals surface area (Å²) < 4.78 is 6.46. The molecule has 0 aliphatic rings. The lowest BCUT2D eigenvalue weighted by Crippen LogP contribution is -2.49. The predicted molar refractivity (Wildman–Crippen MR) is 78.2 cm³/mol. The molecule has 1 atom stereocenters. The van der Waals surface area contributed by atoms with Gasteiger partial charge in [-0.2, -0.15) is 0 Å². The van der Waals surface area contributed by atoms with E-state index in [1.165, 1.54) is 6.42 Å². The van der Waals surface area contributed by atoms with Crippen LogP contribution in [0.15, 0.2) is 0 Å². The highest BCUT2D eigenvalue weighted by molar-refractivity contribution is 6.91. The summed E-state index contributed by atoms with van der Waals surface area (Å²) in [4.78, 5) is 0. The summed E-state index contributed by atoms with van der Waals surface area (Å²) >= 11 is 0. The first-order valence-corrected chi connectivity index (χ1v) is 15.4. The quantitative estimate of drug-likeness (QED) is 0.748. The lowest BCUT2D eigenvalue weighted by Gasteiger charge is -2.39. The normalized spacial score (nSPS) is 15.8. The van der Waals surface area contributed by atoms with Crippen molar-refractivity contribution >= 4 is 25.4 Å². The molecule has 0 heterocycles. The van der Waals surface area contributed by atoms with Gasteiger partial charge in [0, 0.05) is 8.80 Å². The second-order valence-corrected chi connectivity index (χ2v) is 19.2. The first kappa shape index (κ1) is 15.6. The van der Waals surface area contributed by atoms with Crippen molar-refractivity contribution in [2.75, 3.05) is 6.54 Å². The molecule has 15 heavy (non-hydrogen) atoms. The lowest BCUT2D eigenvalue weighted by atomic mass is 10.5. The molecule has 0 radical (unpaired) electrons. The molecule has 0 amide bonds. The van der Waals surface area contributed by atoms with Crippen molar-refractivity contribution in [3.63, 3.8) is 0 Å². The zero-order chi connectivity index (χ0) is 12.3.